The predicted octanol–water partition coefficient (Wildman–Crippen LogP) is -3.68. The van der Waals surface area contributed by atoms with Gasteiger partial charge in [0.1, 0.15) is 18.1 Å². The quantitative estimate of drug-likeness (QED) is 0.0503. The van der Waals surface area contributed by atoms with Crippen molar-refractivity contribution in [2.75, 3.05) is 13.1 Å². The topological polar surface area (TPSA) is 284 Å². The molecular weight excluding hydrogens is 462 g/mol. The van der Waals surface area contributed by atoms with Crippen LogP contribution in [0, 0.1) is 0 Å². The molecule has 0 saturated heterocycles. The fourth-order valence-electron chi connectivity index (χ4n) is 2.89. The highest BCUT2D eigenvalue weighted by molar-refractivity contribution is 5.94. The Kier molecular flexibility index (Phi) is 15.4. The molecule has 15 heteroatoms. The van der Waals surface area contributed by atoms with Crippen LogP contribution < -0.4 is 44.6 Å². The van der Waals surface area contributed by atoms with E-state index in [0.29, 0.717) is 25.8 Å². The highest BCUT2D eigenvalue weighted by Crippen LogP contribution is 2.05. The SMILES string of the molecule is CC(NC(=O)C(CCCN=C(N)N)NC(=O)C(CCC(N)=O)NC(=O)C(N)CCCCN)C(=O)O. The van der Waals surface area contributed by atoms with E-state index in [9.17, 15) is 24.0 Å². The molecule has 0 bridgehead atoms. The number of nitrogens with two attached hydrogens (primary N) is 5. The second-order valence-electron chi connectivity index (χ2n) is 8.04. The Bertz CT molecular complexity index is 757. The third-order valence-electron chi connectivity index (χ3n) is 4.93. The maximum absolute atomic E-state index is 13.0. The van der Waals surface area contributed by atoms with Crippen LogP contribution in [-0.2, 0) is 24.0 Å². The second kappa shape index (κ2) is 17.0. The molecule has 0 spiro atoms. The Balaban J connectivity index is 5.44. The van der Waals surface area contributed by atoms with Crippen LogP contribution in [0.15, 0.2) is 4.99 Å². The Hall–Kier alpha value is -3.46. The summed E-state index contributed by atoms with van der Waals surface area (Å²) in [6.07, 6.45) is 1.64. The lowest BCUT2D eigenvalue weighted by atomic mass is 10.1. The molecule has 0 aliphatic rings. The van der Waals surface area contributed by atoms with E-state index < -0.39 is 53.8 Å². The number of aliphatic carboxylic acids is 1. The van der Waals surface area contributed by atoms with E-state index >= 15 is 0 Å². The Morgan fingerprint density at radius 2 is 1.40 bits per heavy atom. The van der Waals surface area contributed by atoms with Crippen molar-refractivity contribution < 1.29 is 29.1 Å². The molecule has 0 heterocycles. The predicted molar refractivity (Wildman–Crippen MR) is 128 cm³/mol. The molecule has 4 unspecified atom stereocenters. The van der Waals surface area contributed by atoms with E-state index in [1.165, 1.54) is 6.92 Å². The first-order valence-electron chi connectivity index (χ1n) is 11.3. The Morgan fingerprint density at radius 1 is 0.829 bits per heavy atom. The minimum atomic E-state index is -1.26. The number of nitrogens with zero attached hydrogens (tertiary/aromatic N) is 1. The van der Waals surface area contributed by atoms with E-state index in [1.807, 2.05) is 0 Å². The number of carbonyl (C=O) groups excluding carboxylic acids is 4. The summed E-state index contributed by atoms with van der Waals surface area (Å²) in [5.74, 6) is -4.23. The van der Waals surface area contributed by atoms with Crippen molar-refractivity contribution in [3.63, 3.8) is 0 Å². The monoisotopic (exact) mass is 501 g/mol. The van der Waals surface area contributed by atoms with E-state index in [-0.39, 0.29) is 38.2 Å². The summed E-state index contributed by atoms with van der Waals surface area (Å²) in [5.41, 5.74) is 27.0. The molecule has 0 radical (unpaired) electrons. The van der Waals surface area contributed by atoms with Crippen LogP contribution in [0.3, 0.4) is 0 Å². The van der Waals surface area contributed by atoms with Gasteiger partial charge in [-0.3, -0.25) is 29.0 Å². The zero-order valence-corrected chi connectivity index (χ0v) is 20.0. The minimum absolute atomic E-state index is 0.0653. The number of nitrogens with one attached hydrogen (secondary N) is 3. The summed E-state index contributed by atoms with van der Waals surface area (Å²) in [6.45, 7) is 1.88. The highest BCUT2D eigenvalue weighted by atomic mass is 16.4. The summed E-state index contributed by atoms with van der Waals surface area (Å²) >= 11 is 0. The highest BCUT2D eigenvalue weighted by Gasteiger charge is 2.29. The number of guanidine groups is 1. The third kappa shape index (κ3) is 14.4. The van der Waals surface area contributed by atoms with Crippen molar-refractivity contribution >= 4 is 35.6 Å². The largest absolute Gasteiger partial charge is 0.480 e. The average molecular weight is 502 g/mol. The molecule has 4 atom stereocenters. The Labute approximate surface area is 204 Å². The van der Waals surface area contributed by atoms with E-state index in [1.54, 1.807) is 0 Å². The van der Waals surface area contributed by atoms with E-state index in [4.69, 9.17) is 33.8 Å². The van der Waals surface area contributed by atoms with Gasteiger partial charge < -0.3 is 49.7 Å². The van der Waals surface area contributed by atoms with Gasteiger partial charge in [-0.15, -0.1) is 0 Å². The zero-order chi connectivity index (χ0) is 27.0. The third-order valence-corrected chi connectivity index (χ3v) is 4.93. The maximum Gasteiger partial charge on any atom is 0.325 e. The van der Waals surface area contributed by atoms with Gasteiger partial charge in [-0.2, -0.15) is 0 Å². The van der Waals surface area contributed by atoms with Gasteiger partial charge in [-0.05, 0) is 45.6 Å². The molecule has 4 amide bonds. The molecule has 0 aromatic heterocycles. The van der Waals surface area contributed by atoms with Crippen LogP contribution in [0.5, 0.6) is 0 Å². The Morgan fingerprint density at radius 3 is 1.94 bits per heavy atom. The number of amides is 4. The molecule has 200 valence electrons. The summed E-state index contributed by atoms with van der Waals surface area (Å²) in [7, 11) is 0. The molecule has 14 N–H and O–H groups in total. The molecular formula is C20H39N9O6. The van der Waals surface area contributed by atoms with Gasteiger partial charge in [-0.25, -0.2) is 0 Å². The lowest BCUT2D eigenvalue weighted by Crippen LogP contribution is -2.57. The minimum Gasteiger partial charge on any atom is -0.480 e. The summed E-state index contributed by atoms with van der Waals surface area (Å²) in [6, 6.07) is -4.48. The fraction of sp³-hybridized carbons (Fsp3) is 0.700. The van der Waals surface area contributed by atoms with E-state index in [0.717, 1.165) is 0 Å². The van der Waals surface area contributed by atoms with Crippen molar-refractivity contribution in [1.29, 1.82) is 0 Å². The van der Waals surface area contributed by atoms with Gasteiger partial charge in [0.25, 0.3) is 0 Å². The van der Waals surface area contributed by atoms with Gasteiger partial charge in [0.15, 0.2) is 5.96 Å². The van der Waals surface area contributed by atoms with Crippen LogP contribution >= 0.6 is 0 Å². The number of primary amides is 1. The smallest absolute Gasteiger partial charge is 0.325 e. The molecule has 0 fully saturated rings. The molecule has 35 heavy (non-hydrogen) atoms. The van der Waals surface area contributed by atoms with Crippen molar-refractivity contribution in [3.05, 3.63) is 0 Å². The number of hydrogen-bond donors (Lipinski definition) is 9. The first-order chi connectivity index (χ1) is 16.4. The molecule has 0 aliphatic carbocycles. The van der Waals surface area contributed by atoms with E-state index in [2.05, 4.69) is 20.9 Å². The summed E-state index contributed by atoms with van der Waals surface area (Å²) in [4.78, 5) is 64.2. The summed E-state index contributed by atoms with van der Waals surface area (Å²) < 4.78 is 0. The van der Waals surface area contributed by atoms with Crippen LogP contribution in [-0.4, -0.2) is 77.9 Å². The van der Waals surface area contributed by atoms with Crippen LogP contribution in [0.4, 0.5) is 0 Å². The number of hydrogen-bond acceptors (Lipinski definition) is 8. The lowest BCUT2D eigenvalue weighted by Gasteiger charge is -2.24. The number of unbranched alkanes of at least 4 members (excludes halogenated alkanes) is 1. The lowest BCUT2D eigenvalue weighted by molar-refractivity contribution is -0.141. The van der Waals surface area contributed by atoms with Crippen LogP contribution in [0.2, 0.25) is 0 Å². The van der Waals surface area contributed by atoms with Crippen molar-refractivity contribution in [3.8, 4) is 0 Å². The maximum atomic E-state index is 13.0. The first-order valence-corrected chi connectivity index (χ1v) is 11.3. The van der Waals surface area contributed by atoms with Gasteiger partial charge in [-0.1, -0.05) is 6.42 Å². The fourth-order valence-corrected chi connectivity index (χ4v) is 2.89. The van der Waals surface area contributed by atoms with Gasteiger partial charge in [0, 0.05) is 13.0 Å². The number of carboxylic acid groups (broad SMARTS) is 1. The number of carbonyl (C=O) groups is 5. The molecule has 0 aromatic carbocycles. The average Bonchev–Trinajstić information content (AvgIpc) is 2.77. The van der Waals surface area contributed by atoms with Gasteiger partial charge in [0.05, 0.1) is 6.04 Å². The number of carboxylic acids is 1. The number of rotatable bonds is 18. The molecule has 0 aromatic rings. The van der Waals surface area contributed by atoms with Gasteiger partial charge >= 0.3 is 5.97 Å². The van der Waals surface area contributed by atoms with Crippen LogP contribution in [0.25, 0.3) is 0 Å². The first kappa shape index (κ1) is 31.5. The van der Waals surface area contributed by atoms with Crippen molar-refractivity contribution in [2.24, 2.45) is 33.7 Å². The molecule has 0 saturated carbocycles. The zero-order valence-electron chi connectivity index (χ0n) is 20.0. The standard InChI is InChI=1S/C20H39N9O6/c1-11(19(34)35)27-17(32)13(6-4-10-26-20(24)25)29-18(33)14(7-8-15(23)30)28-16(31)12(22)5-2-3-9-21/h11-14H,2-10,21-22H2,1H3,(H2,23,30)(H,27,32)(H,28,31)(H,29,33)(H,34,35)(H4,24,25,26). The van der Waals surface area contributed by atoms with Crippen molar-refractivity contribution in [1.82, 2.24) is 16.0 Å². The molecule has 0 rings (SSSR count). The molecule has 0 aliphatic heterocycles. The summed E-state index contributed by atoms with van der Waals surface area (Å²) in [5, 5.41) is 16.3. The van der Waals surface area contributed by atoms with Crippen molar-refractivity contribution in [2.45, 2.75) is 76.0 Å². The van der Waals surface area contributed by atoms with Gasteiger partial charge in [0.2, 0.25) is 23.6 Å². The second-order valence-corrected chi connectivity index (χ2v) is 8.04. The molecule has 15 nitrogen and oxygen atoms in total. The van der Waals surface area contributed by atoms with Crippen LogP contribution in [0.1, 0.15) is 51.9 Å². The number of aliphatic imine (C=N–C) groups is 1. The normalized spacial score (nSPS) is 14.0.